The van der Waals surface area contributed by atoms with E-state index in [0.717, 1.165) is 5.56 Å². The Kier molecular flexibility index (Phi) is 6.53. The standard InChI is InChI=1S/C17H21N3O4/c18-9-16(22)19-10-17(23)20(11-13-5-2-1-3-6-13)12-14(21)15-7-4-8-24-15/h1-8,14,21H,9-12,18H2,(H,19,22). The molecule has 1 aromatic heterocycles. The molecule has 7 heteroatoms. The van der Waals surface area contributed by atoms with Gasteiger partial charge in [0.2, 0.25) is 11.8 Å². The molecule has 0 saturated heterocycles. The third-order valence-electron chi connectivity index (χ3n) is 3.46. The van der Waals surface area contributed by atoms with E-state index in [1.165, 1.54) is 11.2 Å². The molecule has 0 aliphatic rings. The highest BCUT2D eigenvalue weighted by molar-refractivity contribution is 5.85. The number of nitrogens with two attached hydrogens (primary N) is 1. The van der Waals surface area contributed by atoms with Crippen LogP contribution < -0.4 is 11.1 Å². The van der Waals surface area contributed by atoms with Gasteiger partial charge in [0.05, 0.1) is 25.9 Å². The molecule has 24 heavy (non-hydrogen) atoms. The summed E-state index contributed by atoms with van der Waals surface area (Å²) in [7, 11) is 0. The van der Waals surface area contributed by atoms with E-state index in [4.69, 9.17) is 10.2 Å². The van der Waals surface area contributed by atoms with Crippen LogP contribution in [-0.4, -0.2) is 41.5 Å². The molecule has 4 N–H and O–H groups in total. The molecule has 7 nitrogen and oxygen atoms in total. The lowest BCUT2D eigenvalue weighted by atomic mass is 10.2. The number of aliphatic hydroxyl groups is 1. The average Bonchev–Trinajstić information content (AvgIpc) is 3.14. The molecule has 1 heterocycles. The number of benzene rings is 1. The first-order chi connectivity index (χ1) is 11.6. The number of nitrogens with zero attached hydrogens (tertiary/aromatic N) is 1. The molecule has 2 rings (SSSR count). The van der Waals surface area contributed by atoms with Gasteiger partial charge < -0.3 is 25.5 Å². The molecule has 2 amide bonds. The highest BCUT2D eigenvalue weighted by atomic mass is 16.4. The molecule has 0 aliphatic heterocycles. The van der Waals surface area contributed by atoms with Crippen LogP contribution in [0.5, 0.6) is 0 Å². The van der Waals surface area contributed by atoms with Crippen LogP contribution in [0.25, 0.3) is 0 Å². The molecule has 0 aliphatic carbocycles. The fourth-order valence-electron chi connectivity index (χ4n) is 2.20. The molecule has 1 aromatic carbocycles. The minimum atomic E-state index is -0.946. The quantitative estimate of drug-likeness (QED) is 0.649. The first kappa shape index (κ1) is 17.7. The van der Waals surface area contributed by atoms with Crippen molar-refractivity contribution in [1.29, 1.82) is 0 Å². The Bertz CT molecular complexity index is 643. The van der Waals surface area contributed by atoms with Gasteiger partial charge in [-0.2, -0.15) is 0 Å². The largest absolute Gasteiger partial charge is 0.467 e. The molecule has 0 saturated carbocycles. The van der Waals surface area contributed by atoms with Crippen LogP contribution >= 0.6 is 0 Å². The summed E-state index contributed by atoms with van der Waals surface area (Å²) >= 11 is 0. The molecule has 1 unspecified atom stereocenters. The summed E-state index contributed by atoms with van der Waals surface area (Å²) in [6.07, 6.45) is 0.515. The SMILES string of the molecule is NCC(=O)NCC(=O)N(Cc1ccccc1)CC(O)c1ccco1. The summed E-state index contributed by atoms with van der Waals surface area (Å²) in [6, 6.07) is 12.7. The van der Waals surface area contributed by atoms with Crippen LogP contribution in [0.3, 0.4) is 0 Å². The van der Waals surface area contributed by atoms with E-state index in [1.54, 1.807) is 12.1 Å². The first-order valence-corrected chi connectivity index (χ1v) is 7.60. The maximum atomic E-state index is 12.4. The van der Waals surface area contributed by atoms with Crippen molar-refractivity contribution in [3.05, 3.63) is 60.1 Å². The van der Waals surface area contributed by atoms with Crippen molar-refractivity contribution in [3.63, 3.8) is 0 Å². The second-order valence-electron chi connectivity index (χ2n) is 5.27. The zero-order chi connectivity index (χ0) is 17.4. The highest BCUT2D eigenvalue weighted by Gasteiger charge is 2.20. The molecule has 2 aromatic rings. The lowest BCUT2D eigenvalue weighted by molar-refractivity contribution is -0.134. The van der Waals surface area contributed by atoms with E-state index in [-0.39, 0.29) is 25.5 Å². The molecule has 1 atom stereocenters. The summed E-state index contributed by atoms with van der Waals surface area (Å²) in [5.74, 6) is -0.340. The van der Waals surface area contributed by atoms with Crippen molar-refractivity contribution >= 4 is 11.8 Å². The Morgan fingerprint density at radius 2 is 1.96 bits per heavy atom. The maximum absolute atomic E-state index is 12.4. The van der Waals surface area contributed by atoms with Crippen LogP contribution in [0.15, 0.2) is 53.1 Å². The maximum Gasteiger partial charge on any atom is 0.242 e. The second kappa shape index (κ2) is 8.85. The minimum Gasteiger partial charge on any atom is -0.467 e. The molecule has 0 bridgehead atoms. The number of amides is 2. The van der Waals surface area contributed by atoms with E-state index in [9.17, 15) is 14.7 Å². The Morgan fingerprint density at radius 1 is 1.21 bits per heavy atom. The predicted molar refractivity (Wildman–Crippen MR) is 87.6 cm³/mol. The predicted octanol–water partition coefficient (Wildman–Crippen LogP) is 0.417. The fraction of sp³-hybridized carbons (Fsp3) is 0.294. The third-order valence-corrected chi connectivity index (χ3v) is 3.46. The van der Waals surface area contributed by atoms with Crippen LogP contribution in [-0.2, 0) is 16.1 Å². The lowest BCUT2D eigenvalue weighted by Gasteiger charge is -2.25. The van der Waals surface area contributed by atoms with Gasteiger partial charge in [-0.25, -0.2) is 0 Å². The second-order valence-corrected chi connectivity index (χ2v) is 5.27. The van der Waals surface area contributed by atoms with E-state index >= 15 is 0 Å². The number of carbonyl (C=O) groups excluding carboxylic acids is 2. The summed E-state index contributed by atoms with van der Waals surface area (Å²) in [5.41, 5.74) is 6.13. The number of rotatable bonds is 8. The Hall–Kier alpha value is -2.64. The molecule has 0 fully saturated rings. The van der Waals surface area contributed by atoms with Gasteiger partial charge in [-0.3, -0.25) is 9.59 Å². The van der Waals surface area contributed by atoms with Gasteiger partial charge in [-0.15, -0.1) is 0 Å². The van der Waals surface area contributed by atoms with E-state index in [0.29, 0.717) is 12.3 Å². The van der Waals surface area contributed by atoms with Crippen molar-refractivity contribution in [1.82, 2.24) is 10.2 Å². The summed E-state index contributed by atoms with van der Waals surface area (Å²) < 4.78 is 5.17. The molecule has 128 valence electrons. The summed E-state index contributed by atoms with van der Waals surface area (Å²) in [6.45, 7) is 0.0183. The molecule has 0 radical (unpaired) electrons. The van der Waals surface area contributed by atoms with E-state index in [1.807, 2.05) is 30.3 Å². The first-order valence-electron chi connectivity index (χ1n) is 7.60. The number of aliphatic hydroxyl groups excluding tert-OH is 1. The Morgan fingerprint density at radius 3 is 2.58 bits per heavy atom. The van der Waals surface area contributed by atoms with Gasteiger partial charge in [-0.05, 0) is 17.7 Å². The van der Waals surface area contributed by atoms with Gasteiger partial charge in [0, 0.05) is 6.54 Å². The summed E-state index contributed by atoms with van der Waals surface area (Å²) in [4.78, 5) is 25.1. The highest BCUT2D eigenvalue weighted by Crippen LogP contribution is 2.16. The third kappa shape index (κ3) is 5.22. The zero-order valence-electron chi connectivity index (χ0n) is 13.2. The van der Waals surface area contributed by atoms with Crippen LogP contribution in [0, 0.1) is 0 Å². The minimum absolute atomic E-state index is 0.0553. The average molecular weight is 331 g/mol. The number of furan rings is 1. The number of hydrogen-bond donors (Lipinski definition) is 3. The van der Waals surface area contributed by atoms with Gasteiger partial charge in [0.25, 0.3) is 0 Å². The summed E-state index contributed by atoms with van der Waals surface area (Å²) in [5, 5.41) is 12.7. The monoisotopic (exact) mass is 331 g/mol. The molecular formula is C17H21N3O4. The number of carbonyl (C=O) groups is 2. The van der Waals surface area contributed by atoms with Gasteiger partial charge in [0.1, 0.15) is 11.9 Å². The van der Waals surface area contributed by atoms with Crippen molar-refractivity contribution in [2.45, 2.75) is 12.6 Å². The zero-order valence-corrected chi connectivity index (χ0v) is 13.2. The van der Waals surface area contributed by atoms with Crippen LogP contribution in [0.4, 0.5) is 0 Å². The van der Waals surface area contributed by atoms with E-state index in [2.05, 4.69) is 5.32 Å². The Balaban J connectivity index is 2.05. The fourth-order valence-corrected chi connectivity index (χ4v) is 2.20. The van der Waals surface area contributed by atoms with Gasteiger partial charge in [0.15, 0.2) is 0 Å². The van der Waals surface area contributed by atoms with Gasteiger partial charge >= 0.3 is 0 Å². The van der Waals surface area contributed by atoms with Crippen molar-refractivity contribution in [2.24, 2.45) is 5.73 Å². The van der Waals surface area contributed by atoms with E-state index < -0.39 is 12.0 Å². The van der Waals surface area contributed by atoms with Crippen molar-refractivity contribution in [3.8, 4) is 0 Å². The number of hydrogen-bond acceptors (Lipinski definition) is 5. The van der Waals surface area contributed by atoms with Crippen molar-refractivity contribution in [2.75, 3.05) is 19.6 Å². The van der Waals surface area contributed by atoms with Crippen LogP contribution in [0.2, 0.25) is 0 Å². The molecule has 0 spiro atoms. The smallest absolute Gasteiger partial charge is 0.242 e. The number of nitrogens with one attached hydrogen (secondary N) is 1. The van der Waals surface area contributed by atoms with Crippen molar-refractivity contribution < 1.29 is 19.1 Å². The normalized spacial score (nSPS) is 11.8. The van der Waals surface area contributed by atoms with Gasteiger partial charge in [-0.1, -0.05) is 30.3 Å². The van der Waals surface area contributed by atoms with Crippen LogP contribution in [0.1, 0.15) is 17.4 Å². The lowest BCUT2D eigenvalue weighted by Crippen LogP contribution is -2.43. The molecular weight excluding hydrogens is 310 g/mol. The Labute approximate surface area is 140 Å². The topological polar surface area (TPSA) is 109 Å².